The second-order valence-corrected chi connectivity index (χ2v) is 5.70. The Balaban J connectivity index is 2.55. The van der Waals surface area contributed by atoms with Crippen molar-refractivity contribution in [3.63, 3.8) is 0 Å². The second kappa shape index (κ2) is 4.78. The predicted molar refractivity (Wildman–Crippen MR) is 63.3 cm³/mol. The number of halogens is 1. The van der Waals surface area contributed by atoms with Crippen LogP contribution in [0.15, 0.2) is 24.3 Å². The highest BCUT2D eigenvalue weighted by Crippen LogP contribution is 2.26. The Bertz CT molecular complexity index is 309. The second-order valence-electron chi connectivity index (χ2n) is 5.70. The summed E-state index contributed by atoms with van der Waals surface area (Å²) in [4.78, 5) is 0. The van der Waals surface area contributed by atoms with Gasteiger partial charge in [0.15, 0.2) is 0 Å². The molecule has 0 radical (unpaired) electrons. The molecule has 0 saturated carbocycles. The first kappa shape index (κ1) is 12.2. The van der Waals surface area contributed by atoms with Crippen molar-refractivity contribution in [1.82, 2.24) is 0 Å². The SMILES string of the molecule is CC(Cc1cccc(F)c1)CC(C)(C)C. The van der Waals surface area contributed by atoms with Crippen molar-refractivity contribution in [3.8, 4) is 0 Å². The van der Waals surface area contributed by atoms with Gasteiger partial charge in [0.25, 0.3) is 0 Å². The predicted octanol–water partition coefficient (Wildman–Crippen LogP) is 4.44. The lowest BCUT2D eigenvalue weighted by molar-refractivity contribution is 0.306. The third kappa shape index (κ3) is 4.96. The lowest BCUT2D eigenvalue weighted by Gasteiger charge is -2.23. The summed E-state index contributed by atoms with van der Waals surface area (Å²) in [5, 5.41) is 0. The van der Waals surface area contributed by atoms with Gasteiger partial charge in [-0.15, -0.1) is 0 Å². The van der Waals surface area contributed by atoms with E-state index in [9.17, 15) is 4.39 Å². The summed E-state index contributed by atoms with van der Waals surface area (Å²) in [7, 11) is 0. The molecule has 0 aromatic heterocycles. The monoisotopic (exact) mass is 208 g/mol. The Kier molecular flexibility index (Phi) is 3.90. The Morgan fingerprint density at radius 1 is 1.27 bits per heavy atom. The van der Waals surface area contributed by atoms with E-state index in [0.717, 1.165) is 12.0 Å². The lowest BCUT2D eigenvalue weighted by atomic mass is 9.83. The Labute approximate surface area is 92.5 Å². The fraction of sp³-hybridized carbons (Fsp3) is 0.571. The van der Waals surface area contributed by atoms with Gasteiger partial charge >= 0.3 is 0 Å². The number of hydrogen-bond donors (Lipinski definition) is 0. The standard InChI is InChI=1S/C14H21F/c1-11(10-14(2,3)4)8-12-6-5-7-13(15)9-12/h5-7,9,11H,8,10H2,1-4H3. The fourth-order valence-corrected chi connectivity index (χ4v) is 2.18. The van der Waals surface area contributed by atoms with E-state index in [1.807, 2.05) is 6.07 Å². The Hall–Kier alpha value is -0.850. The van der Waals surface area contributed by atoms with Gasteiger partial charge in [0, 0.05) is 0 Å². The van der Waals surface area contributed by atoms with Crippen LogP contribution >= 0.6 is 0 Å². The van der Waals surface area contributed by atoms with Crippen LogP contribution in [0.4, 0.5) is 4.39 Å². The molecule has 1 aromatic carbocycles. The molecule has 0 spiro atoms. The minimum atomic E-state index is -0.129. The third-order valence-corrected chi connectivity index (χ3v) is 2.43. The van der Waals surface area contributed by atoms with Crippen LogP contribution < -0.4 is 0 Å². The maximum absolute atomic E-state index is 13.0. The molecule has 0 amide bonds. The van der Waals surface area contributed by atoms with E-state index >= 15 is 0 Å². The van der Waals surface area contributed by atoms with E-state index in [1.165, 1.54) is 12.5 Å². The number of rotatable bonds is 3. The number of benzene rings is 1. The highest BCUT2D eigenvalue weighted by Gasteiger charge is 2.15. The van der Waals surface area contributed by atoms with Gasteiger partial charge in [-0.2, -0.15) is 0 Å². The molecule has 0 aliphatic carbocycles. The smallest absolute Gasteiger partial charge is 0.123 e. The van der Waals surface area contributed by atoms with E-state index in [4.69, 9.17) is 0 Å². The topological polar surface area (TPSA) is 0 Å². The summed E-state index contributed by atoms with van der Waals surface area (Å²) >= 11 is 0. The van der Waals surface area contributed by atoms with Gasteiger partial charge in [-0.25, -0.2) is 4.39 Å². The van der Waals surface area contributed by atoms with Crippen LogP contribution in [0.5, 0.6) is 0 Å². The lowest BCUT2D eigenvalue weighted by Crippen LogP contribution is -2.12. The van der Waals surface area contributed by atoms with Gasteiger partial charge in [-0.05, 0) is 41.9 Å². The maximum Gasteiger partial charge on any atom is 0.123 e. The van der Waals surface area contributed by atoms with Gasteiger partial charge < -0.3 is 0 Å². The zero-order chi connectivity index (χ0) is 11.5. The van der Waals surface area contributed by atoms with Crippen LogP contribution in [0.25, 0.3) is 0 Å². The zero-order valence-corrected chi connectivity index (χ0v) is 10.2. The molecule has 15 heavy (non-hydrogen) atoms. The van der Waals surface area contributed by atoms with Gasteiger partial charge in [0.1, 0.15) is 5.82 Å². The first-order valence-corrected chi connectivity index (χ1v) is 5.61. The average molecular weight is 208 g/mol. The molecule has 1 heteroatoms. The van der Waals surface area contributed by atoms with E-state index < -0.39 is 0 Å². The Morgan fingerprint density at radius 2 is 1.93 bits per heavy atom. The highest BCUT2D eigenvalue weighted by atomic mass is 19.1. The molecule has 0 bridgehead atoms. The van der Waals surface area contributed by atoms with E-state index in [1.54, 1.807) is 12.1 Å². The zero-order valence-electron chi connectivity index (χ0n) is 10.2. The van der Waals surface area contributed by atoms with Gasteiger partial charge in [-0.3, -0.25) is 0 Å². The average Bonchev–Trinajstić information content (AvgIpc) is 1.99. The summed E-state index contributed by atoms with van der Waals surface area (Å²) < 4.78 is 13.0. The van der Waals surface area contributed by atoms with E-state index in [2.05, 4.69) is 27.7 Å². The summed E-state index contributed by atoms with van der Waals surface area (Å²) in [5.41, 5.74) is 1.46. The molecule has 0 fully saturated rings. The van der Waals surface area contributed by atoms with Crippen molar-refractivity contribution in [2.24, 2.45) is 11.3 Å². The molecule has 1 atom stereocenters. The molecule has 84 valence electrons. The van der Waals surface area contributed by atoms with Crippen molar-refractivity contribution in [2.45, 2.75) is 40.5 Å². The van der Waals surface area contributed by atoms with Crippen molar-refractivity contribution >= 4 is 0 Å². The fourth-order valence-electron chi connectivity index (χ4n) is 2.18. The van der Waals surface area contributed by atoms with Crippen molar-refractivity contribution in [2.75, 3.05) is 0 Å². The van der Waals surface area contributed by atoms with Crippen molar-refractivity contribution < 1.29 is 4.39 Å². The molecule has 0 nitrogen and oxygen atoms in total. The van der Waals surface area contributed by atoms with Crippen LogP contribution in [0.1, 0.15) is 39.7 Å². The minimum absolute atomic E-state index is 0.129. The van der Waals surface area contributed by atoms with Crippen LogP contribution in [0, 0.1) is 17.2 Å². The first-order chi connectivity index (χ1) is 6.87. The molecule has 0 N–H and O–H groups in total. The van der Waals surface area contributed by atoms with Gasteiger partial charge in [0.05, 0.1) is 0 Å². The molecular formula is C14H21F. The quantitative estimate of drug-likeness (QED) is 0.689. The summed E-state index contributed by atoms with van der Waals surface area (Å²) in [6.07, 6.45) is 2.14. The van der Waals surface area contributed by atoms with Gasteiger partial charge in [-0.1, -0.05) is 39.8 Å². The summed E-state index contributed by atoms with van der Waals surface area (Å²) in [5.74, 6) is 0.474. The molecule has 0 aliphatic heterocycles. The van der Waals surface area contributed by atoms with Crippen molar-refractivity contribution in [1.29, 1.82) is 0 Å². The van der Waals surface area contributed by atoms with E-state index in [0.29, 0.717) is 11.3 Å². The van der Waals surface area contributed by atoms with E-state index in [-0.39, 0.29) is 5.82 Å². The summed E-state index contributed by atoms with van der Waals surface area (Å²) in [6, 6.07) is 6.92. The normalized spacial score (nSPS) is 13.9. The largest absolute Gasteiger partial charge is 0.207 e. The molecule has 0 aliphatic rings. The maximum atomic E-state index is 13.0. The molecule has 1 aromatic rings. The highest BCUT2D eigenvalue weighted by molar-refractivity contribution is 5.16. The van der Waals surface area contributed by atoms with Crippen LogP contribution in [-0.4, -0.2) is 0 Å². The Morgan fingerprint density at radius 3 is 2.47 bits per heavy atom. The van der Waals surface area contributed by atoms with Crippen LogP contribution in [0.2, 0.25) is 0 Å². The minimum Gasteiger partial charge on any atom is -0.207 e. The first-order valence-electron chi connectivity index (χ1n) is 5.61. The molecule has 1 unspecified atom stereocenters. The third-order valence-electron chi connectivity index (χ3n) is 2.43. The van der Waals surface area contributed by atoms with Crippen LogP contribution in [-0.2, 0) is 6.42 Å². The molecule has 0 saturated heterocycles. The van der Waals surface area contributed by atoms with Gasteiger partial charge in [0.2, 0.25) is 0 Å². The molecule has 1 rings (SSSR count). The number of hydrogen-bond acceptors (Lipinski definition) is 0. The van der Waals surface area contributed by atoms with Crippen molar-refractivity contribution in [3.05, 3.63) is 35.6 Å². The van der Waals surface area contributed by atoms with Crippen LogP contribution in [0.3, 0.4) is 0 Å². The molecule has 0 heterocycles. The summed E-state index contributed by atoms with van der Waals surface area (Å²) in [6.45, 7) is 8.97. The molecular weight excluding hydrogens is 187 g/mol.